The lowest BCUT2D eigenvalue weighted by atomic mass is 10.0. The minimum Gasteiger partial charge on any atom is -0.479 e. The Kier molecular flexibility index (Phi) is 4.83. The van der Waals surface area contributed by atoms with Gasteiger partial charge in [-0.2, -0.15) is 0 Å². The Morgan fingerprint density at radius 3 is 2.64 bits per heavy atom. The molecule has 1 aliphatic heterocycles. The highest BCUT2D eigenvalue weighted by molar-refractivity contribution is 5.91. The Morgan fingerprint density at radius 1 is 1.24 bits per heavy atom. The molecule has 2 aromatic rings. The average molecular weight is 342 g/mol. The summed E-state index contributed by atoms with van der Waals surface area (Å²) in [4.78, 5) is 37.6. The topological polar surface area (TPSA) is 99.8 Å². The molecule has 0 aliphatic carbocycles. The van der Waals surface area contributed by atoms with Crippen molar-refractivity contribution in [1.82, 2.24) is 10.2 Å². The van der Waals surface area contributed by atoms with Crippen LogP contribution in [0.5, 0.6) is 0 Å². The lowest BCUT2D eigenvalue weighted by Gasteiger charge is -2.18. The van der Waals surface area contributed by atoms with Gasteiger partial charge in [-0.15, -0.1) is 0 Å². The second kappa shape index (κ2) is 7.21. The highest BCUT2D eigenvalue weighted by Crippen LogP contribution is 2.22. The van der Waals surface area contributed by atoms with Crippen LogP contribution in [-0.2, 0) is 20.9 Å². The molecule has 7 heteroatoms. The first-order valence-corrected chi connectivity index (χ1v) is 7.93. The van der Waals surface area contributed by atoms with Crippen LogP contribution in [0.4, 0.5) is 0 Å². The molecule has 1 saturated heterocycles. The van der Waals surface area contributed by atoms with E-state index >= 15 is 0 Å². The van der Waals surface area contributed by atoms with E-state index in [1.807, 2.05) is 0 Å². The van der Waals surface area contributed by atoms with Gasteiger partial charge < -0.3 is 19.7 Å². The molecule has 7 nitrogen and oxygen atoms in total. The molecule has 0 spiro atoms. The van der Waals surface area contributed by atoms with Crippen molar-refractivity contribution in [2.75, 3.05) is 6.54 Å². The number of likely N-dealkylation sites (tertiary alicyclic amines) is 1. The van der Waals surface area contributed by atoms with Crippen LogP contribution in [0.2, 0.25) is 0 Å². The first-order chi connectivity index (χ1) is 12.0. The molecule has 0 radical (unpaired) electrons. The number of amides is 2. The molecule has 2 amide bonds. The number of rotatable bonds is 6. The fourth-order valence-electron chi connectivity index (χ4n) is 2.88. The number of aliphatic carboxylic acids is 1. The molecule has 1 aliphatic rings. The van der Waals surface area contributed by atoms with Gasteiger partial charge in [0, 0.05) is 13.0 Å². The van der Waals surface area contributed by atoms with Crippen LogP contribution < -0.4 is 5.32 Å². The molecule has 25 heavy (non-hydrogen) atoms. The number of carboxylic acid groups (broad SMARTS) is 1. The molecule has 1 fully saturated rings. The summed E-state index contributed by atoms with van der Waals surface area (Å²) in [6, 6.07) is 10.8. The van der Waals surface area contributed by atoms with Crippen LogP contribution in [0, 0.1) is 5.92 Å². The molecular weight excluding hydrogens is 324 g/mol. The molecular formula is C18H18N2O5. The molecule has 0 unspecified atom stereocenters. The highest BCUT2D eigenvalue weighted by atomic mass is 16.4. The number of hydrogen-bond acceptors (Lipinski definition) is 4. The number of furan rings is 1. The van der Waals surface area contributed by atoms with Gasteiger partial charge in [-0.3, -0.25) is 9.59 Å². The Balaban J connectivity index is 1.64. The standard InChI is InChI=1S/C18H18N2O5/c21-15-9-13(10-20(15)11-14-7-4-8-25-14)17(22)19-16(18(23)24)12-5-2-1-3-6-12/h1-8,13,16H,9-11H2,(H,19,22)(H,23,24)/t13-,16-/m1/s1. The molecule has 2 N–H and O–H groups in total. The Bertz CT molecular complexity index is 757. The van der Waals surface area contributed by atoms with Crippen LogP contribution in [0.1, 0.15) is 23.8 Å². The van der Waals surface area contributed by atoms with Crippen molar-refractivity contribution in [1.29, 1.82) is 0 Å². The summed E-state index contributed by atoms with van der Waals surface area (Å²) in [5.41, 5.74) is 0.486. The van der Waals surface area contributed by atoms with Gasteiger partial charge in [-0.25, -0.2) is 4.79 Å². The Hall–Kier alpha value is -3.09. The van der Waals surface area contributed by atoms with Gasteiger partial charge in [-0.1, -0.05) is 30.3 Å². The predicted molar refractivity (Wildman–Crippen MR) is 87.2 cm³/mol. The van der Waals surface area contributed by atoms with E-state index in [1.54, 1.807) is 47.4 Å². The largest absolute Gasteiger partial charge is 0.479 e. The van der Waals surface area contributed by atoms with E-state index in [-0.39, 0.29) is 18.9 Å². The summed E-state index contributed by atoms with van der Waals surface area (Å²) >= 11 is 0. The van der Waals surface area contributed by atoms with Gasteiger partial charge in [0.2, 0.25) is 11.8 Å². The summed E-state index contributed by atoms with van der Waals surface area (Å²) in [7, 11) is 0. The van der Waals surface area contributed by atoms with Gasteiger partial charge in [0.05, 0.1) is 18.7 Å². The zero-order valence-electron chi connectivity index (χ0n) is 13.4. The first kappa shape index (κ1) is 16.8. The fraction of sp³-hybridized carbons (Fsp3) is 0.278. The molecule has 3 rings (SSSR count). The highest BCUT2D eigenvalue weighted by Gasteiger charge is 2.36. The van der Waals surface area contributed by atoms with E-state index in [4.69, 9.17) is 4.42 Å². The summed E-state index contributed by atoms with van der Waals surface area (Å²) in [6.45, 7) is 0.545. The average Bonchev–Trinajstić information content (AvgIpc) is 3.24. The van der Waals surface area contributed by atoms with Crippen molar-refractivity contribution in [2.45, 2.75) is 19.0 Å². The Morgan fingerprint density at radius 2 is 2.00 bits per heavy atom. The number of hydrogen-bond donors (Lipinski definition) is 2. The molecule has 1 aromatic carbocycles. The van der Waals surface area contributed by atoms with Gasteiger partial charge in [-0.05, 0) is 17.7 Å². The fourth-order valence-corrected chi connectivity index (χ4v) is 2.88. The zero-order chi connectivity index (χ0) is 17.8. The number of carbonyl (C=O) groups is 3. The molecule has 0 bridgehead atoms. The maximum absolute atomic E-state index is 12.5. The molecule has 0 saturated carbocycles. The van der Waals surface area contributed by atoms with Crippen molar-refractivity contribution in [3.8, 4) is 0 Å². The van der Waals surface area contributed by atoms with Crippen LogP contribution in [-0.4, -0.2) is 34.3 Å². The van der Waals surface area contributed by atoms with E-state index in [2.05, 4.69) is 5.32 Å². The van der Waals surface area contributed by atoms with Crippen molar-refractivity contribution in [3.05, 3.63) is 60.1 Å². The molecule has 2 heterocycles. The minimum atomic E-state index is -1.14. The normalized spacial score (nSPS) is 18.2. The second-order valence-corrected chi connectivity index (χ2v) is 5.95. The molecule has 2 atom stereocenters. The van der Waals surface area contributed by atoms with Crippen LogP contribution in [0.15, 0.2) is 53.1 Å². The Labute approximate surface area is 144 Å². The number of carboxylic acids is 1. The lowest BCUT2D eigenvalue weighted by Crippen LogP contribution is -2.38. The zero-order valence-corrected chi connectivity index (χ0v) is 13.4. The van der Waals surface area contributed by atoms with E-state index in [1.165, 1.54) is 6.26 Å². The van der Waals surface area contributed by atoms with Crippen molar-refractivity contribution < 1.29 is 23.9 Å². The van der Waals surface area contributed by atoms with Crippen LogP contribution in [0.25, 0.3) is 0 Å². The van der Waals surface area contributed by atoms with E-state index < -0.39 is 23.8 Å². The third-order valence-electron chi connectivity index (χ3n) is 4.18. The van der Waals surface area contributed by atoms with Crippen LogP contribution in [0.3, 0.4) is 0 Å². The second-order valence-electron chi connectivity index (χ2n) is 5.95. The smallest absolute Gasteiger partial charge is 0.330 e. The third kappa shape index (κ3) is 3.88. The van der Waals surface area contributed by atoms with Gasteiger partial charge in [0.25, 0.3) is 0 Å². The predicted octanol–water partition coefficient (Wildman–Crippen LogP) is 1.57. The minimum absolute atomic E-state index is 0.0632. The maximum Gasteiger partial charge on any atom is 0.330 e. The van der Waals surface area contributed by atoms with Crippen molar-refractivity contribution >= 4 is 17.8 Å². The van der Waals surface area contributed by atoms with Crippen LogP contribution >= 0.6 is 0 Å². The summed E-state index contributed by atoms with van der Waals surface area (Å²) in [5, 5.41) is 11.9. The van der Waals surface area contributed by atoms with E-state index in [0.29, 0.717) is 17.9 Å². The lowest BCUT2D eigenvalue weighted by molar-refractivity contribution is -0.142. The van der Waals surface area contributed by atoms with E-state index in [0.717, 1.165) is 0 Å². The summed E-state index contributed by atoms with van der Waals surface area (Å²) in [5.74, 6) is -1.67. The number of nitrogens with one attached hydrogen (secondary N) is 1. The maximum atomic E-state index is 12.5. The monoisotopic (exact) mass is 342 g/mol. The van der Waals surface area contributed by atoms with Crippen molar-refractivity contribution in [3.63, 3.8) is 0 Å². The SMILES string of the molecule is O=C(N[C@@H](C(=O)O)c1ccccc1)[C@@H]1CC(=O)N(Cc2ccco2)C1. The number of nitrogens with zero attached hydrogens (tertiary/aromatic N) is 1. The van der Waals surface area contributed by atoms with Crippen molar-refractivity contribution in [2.24, 2.45) is 5.92 Å². The van der Waals surface area contributed by atoms with Gasteiger partial charge >= 0.3 is 5.97 Å². The first-order valence-electron chi connectivity index (χ1n) is 7.93. The number of carbonyl (C=O) groups excluding carboxylic acids is 2. The molecule has 1 aromatic heterocycles. The number of benzene rings is 1. The van der Waals surface area contributed by atoms with Gasteiger partial charge in [0.15, 0.2) is 6.04 Å². The quantitative estimate of drug-likeness (QED) is 0.830. The van der Waals surface area contributed by atoms with Gasteiger partial charge in [0.1, 0.15) is 5.76 Å². The third-order valence-corrected chi connectivity index (χ3v) is 4.18. The summed E-state index contributed by atoms with van der Waals surface area (Å²) in [6.07, 6.45) is 1.59. The molecule has 130 valence electrons. The summed E-state index contributed by atoms with van der Waals surface area (Å²) < 4.78 is 5.22. The van der Waals surface area contributed by atoms with E-state index in [9.17, 15) is 19.5 Å².